The molecule has 0 radical (unpaired) electrons. The van der Waals surface area contributed by atoms with E-state index in [2.05, 4.69) is 39.0 Å². The lowest BCUT2D eigenvalue weighted by Crippen LogP contribution is -2.26. The minimum Gasteiger partial charge on any atom is -0.341 e. The largest absolute Gasteiger partial charge is 0.341 e. The fourth-order valence-corrected chi connectivity index (χ4v) is 4.15. The Balaban J connectivity index is 1.48. The molecular formula is C23H21N5O2. The molecule has 5 rings (SSSR count). The van der Waals surface area contributed by atoms with E-state index in [1.807, 2.05) is 30.3 Å². The standard InChI is InChI=1S/C23H21N5O2/c1-3-27-19-7-5-4-6-16(19)18-12-15(8-9-20(18)27)26-22(29)13-17-14(2)25-21-10-11-24-28(21)23(17)30/h4-12,24H,3,13H2,1-2H3,(H,26,29). The fourth-order valence-electron chi connectivity index (χ4n) is 4.15. The van der Waals surface area contributed by atoms with E-state index in [-0.39, 0.29) is 17.9 Å². The number of para-hydroxylation sites is 1. The minimum absolute atomic E-state index is 0.0333. The van der Waals surface area contributed by atoms with Gasteiger partial charge in [-0.3, -0.25) is 14.7 Å². The van der Waals surface area contributed by atoms with Crippen LogP contribution in [0, 0.1) is 6.92 Å². The number of nitrogens with one attached hydrogen (secondary N) is 2. The molecule has 7 heteroatoms. The van der Waals surface area contributed by atoms with Crippen LogP contribution in [0.2, 0.25) is 0 Å². The van der Waals surface area contributed by atoms with Gasteiger partial charge in [0.25, 0.3) is 5.56 Å². The number of nitrogens with zero attached hydrogens (tertiary/aromatic N) is 3. The lowest BCUT2D eigenvalue weighted by atomic mass is 10.1. The zero-order valence-corrected chi connectivity index (χ0v) is 16.8. The molecule has 0 aliphatic heterocycles. The van der Waals surface area contributed by atoms with Gasteiger partial charge in [-0.1, -0.05) is 18.2 Å². The third kappa shape index (κ3) is 2.78. The molecule has 0 bridgehead atoms. The van der Waals surface area contributed by atoms with Crippen molar-refractivity contribution in [2.45, 2.75) is 26.8 Å². The van der Waals surface area contributed by atoms with Crippen molar-refractivity contribution in [2.24, 2.45) is 0 Å². The van der Waals surface area contributed by atoms with Gasteiger partial charge in [-0.05, 0) is 38.1 Å². The summed E-state index contributed by atoms with van der Waals surface area (Å²) in [5.74, 6) is -0.248. The van der Waals surface area contributed by atoms with E-state index in [0.29, 0.717) is 22.6 Å². The van der Waals surface area contributed by atoms with Gasteiger partial charge in [0.1, 0.15) is 0 Å². The molecule has 0 atom stereocenters. The normalized spacial score (nSPS) is 11.5. The lowest BCUT2D eigenvalue weighted by Gasteiger charge is -2.08. The number of aryl methyl sites for hydroxylation is 2. The number of rotatable bonds is 4. The maximum absolute atomic E-state index is 12.7. The second kappa shape index (κ2) is 6.88. The Morgan fingerprint density at radius 2 is 1.90 bits per heavy atom. The summed E-state index contributed by atoms with van der Waals surface area (Å²) in [5, 5.41) is 8.01. The van der Waals surface area contributed by atoms with Crippen molar-refractivity contribution in [1.82, 2.24) is 19.2 Å². The number of benzene rings is 2. The van der Waals surface area contributed by atoms with Crippen molar-refractivity contribution in [3.63, 3.8) is 0 Å². The number of anilines is 1. The van der Waals surface area contributed by atoms with Crippen LogP contribution in [0.25, 0.3) is 27.5 Å². The second-order valence-electron chi connectivity index (χ2n) is 7.36. The summed E-state index contributed by atoms with van der Waals surface area (Å²) in [6.07, 6.45) is 1.61. The van der Waals surface area contributed by atoms with Crippen LogP contribution in [0.1, 0.15) is 18.2 Å². The maximum Gasteiger partial charge on any atom is 0.276 e. The molecule has 0 aliphatic rings. The highest BCUT2D eigenvalue weighted by Gasteiger charge is 2.15. The summed E-state index contributed by atoms with van der Waals surface area (Å²) in [4.78, 5) is 29.8. The van der Waals surface area contributed by atoms with E-state index in [0.717, 1.165) is 22.8 Å². The molecule has 0 unspecified atom stereocenters. The van der Waals surface area contributed by atoms with Gasteiger partial charge in [0.2, 0.25) is 5.91 Å². The molecule has 1 amide bonds. The molecule has 30 heavy (non-hydrogen) atoms. The Kier molecular flexibility index (Phi) is 4.17. The first kappa shape index (κ1) is 18.2. The second-order valence-corrected chi connectivity index (χ2v) is 7.36. The first-order chi connectivity index (χ1) is 14.6. The van der Waals surface area contributed by atoms with Crippen molar-refractivity contribution in [3.8, 4) is 0 Å². The Labute approximate surface area is 171 Å². The van der Waals surface area contributed by atoms with Gasteiger partial charge in [0.05, 0.1) is 6.42 Å². The number of hydrogen-bond acceptors (Lipinski definition) is 3. The molecule has 0 spiro atoms. The zero-order chi connectivity index (χ0) is 20.8. The third-order valence-electron chi connectivity index (χ3n) is 5.56. The van der Waals surface area contributed by atoms with Gasteiger partial charge in [-0.15, -0.1) is 0 Å². The summed E-state index contributed by atoms with van der Waals surface area (Å²) in [6.45, 7) is 4.74. The van der Waals surface area contributed by atoms with Crippen molar-refractivity contribution < 1.29 is 4.79 Å². The molecule has 0 saturated heterocycles. The van der Waals surface area contributed by atoms with Crippen LogP contribution in [-0.4, -0.2) is 25.1 Å². The molecule has 0 aliphatic carbocycles. The number of hydrogen-bond donors (Lipinski definition) is 2. The van der Waals surface area contributed by atoms with Crippen molar-refractivity contribution >= 4 is 39.0 Å². The van der Waals surface area contributed by atoms with Crippen LogP contribution in [0.3, 0.4) is 0 Å². The van der Waals surface area contributed by atoms with Crippen LogP contribution >= 0.6 is 0 Å². The summed E-state index contributed by atoms with van der Waals surface area (Å²) in [6, 6.07) is 15.9. The van der Waals surface area contributed by atoms with Crippen LogP contribution in [0.4, 0.5) is 5.69 Å². The van der Waals surface area contributed by atoms with E-state index in [1.165, 1.54) is 10.0 Å². The highest BCUT2D eigenvalue weighted by molar-refractivity contribution is 6.09. The van der Waals surface area contributed by atoms with Crippen LogP contribution in [0.15, 0.2) is 59.5 Å². The Hall–Kier alpha value is -3.87. The Morgan fingerprint density at radius 1 is 1.10 bits per heavy atom. The maximum atomic E-state index is 12.7. The van der Waals surface area contributed by atoms with Crippen molar-refractivity contribution in [1.29, 1.82) is 0 Å². The number of carbonyl (C=O) groups is 1. The van der Waals surface area contributed by atoms with Gasteiger partial charge in [0, 0.05) is 57.6 Å². The molecule has 7 nitrogen and oxygen atoms in total. The predicted octanol–water partition coefficient (Wildman–Crippen LogP) is 3.64. The number of carbonyl (C=O) groups excluding carboxylic acids is 1. The summed E-state index contributed by atoms with van der Waals surface area (Å²) in [5.41, 5.74) is 4.25. The molecule has 5 aromatic rings. The van der Waals surface area contributed by atoms with Crippen molar-refractivity contribution in [2.75, 3.05) is 5.32 Å². The van der Waals surface area contributed by atoms with Crippen molar-refractivity contribution in [3.05, 3.63) is 76.3 Å². The number of aromatic amines is 1. The first-order valence-electron chi connectivity index (χ1n) is 9.93. The molecular weight excluding hydrogens is 378 g/mol. The summed E-state index contributed by atoms with van der Waals surface area (Å²) in [7, 11) is 0. The van der Waals surface area contributed by atoms with E-state index in [9.17, 15) is 9.59 Å². The van der Waals surface area contributed by atoms with Gasteiger partial charge in [-0.2, -0.15) is 0 Å². The topological polar surface area (TPSA) is 84.2 Å². The Bertz CT molecular complexity index is 1490. The van der Waals surface area contributed by atoms with Crippen LogP contribution in [-0.2, 0) is 17.8 Å². The third-order valence-corrected chi connectivity index (χ3v) is 5.56. The predicted molar refractivity (Wildman–Crippen MR) is 118 cm³/mol. The van der Waals surface area contributed by atoms with E-state index >= 15 is 0 Å². The number of H-pyrrole nitrogens is 1. The average Bonchev–Trinajstić information content (AvgIpc) is 3.33. The van der Waals surface area contributed by atoms with Gasteiger partial charge in [0.15, 0.2) is 5.65 Å². The Morgan fingerprint density at radius 3 is 2.73 bits per heavy atom. The molecule has 2 aromatic carbocycles. The van der Waals surface area contributed by atoms with Crippen LogP contribution in [0.5, 0.6) is 0 Å². The molecule has 150 valence electrons. The van der Waals surface area contributed by atoms with Gasteiger partial charge < -0.3 is 9.88 Å². The highest BCUT2D eigenvalue weighted by Crippen LogP contribution is 2.31. The van der Waals surface area contributed by atoms with E-state index in [4.69, 9.17) is 0 Å². The lowest BCUT2D eigenvalue weighted by molar-refractivity contribution is -0.115. The van der Waals surface area contributed by atoms with E-state index in [1.54, 1.807) is 19.2 Å². The monoisotopic (exact) mass is 399 g/mol. The summed E-state index contributed by atoms with van der Waals surface area (Å²) < 4.78 is 3.61. The van der Waals surface area contributed by atoms with Gasteiger partial charge >= 0.3 is 0 Å². The first-order valence-corrected chi connectivity index (χ1v) is 9.93. The van der Waals surface area contributed by atoms with Gasteiger partial charge in [-0.25, -0.2) is 9.50 Å². The molecule has 3 heterocycles. The SMILES string of the molecule is CCn1c2ccccc2c2cc(NC(=O)Cc3c(C)nc4cc[nH]n4c3=O)ccc21. The van der Waals surface area contributed by atoms with Crippen LogP contribution < -0.4 is 10.9 Å². The number of fused-ring (bicyclic) bond motifs is 4. The number of amides is 1. The quantitative estimate of drug-likeness (QED) is 0.484. The smallest absolute Gasteiger partial charge is 0.276 e. The highest BCUT2D eigenvalue weighted by atomic mass is 16.2. The van der Waals surface area contributed by atoms with E-state index < -0.39 is 0 Å². The molecule has 3 aromatic heterocycles. The number of aromatic nitrogens is 4. The average molecular weight is 399 g/mol. The summed E-state index contributed by atoms with van der Waals surface area (Å²) >= 11 is 0. The zero-order valence-electron chi connectivity index (χ0n) is 16.8. The molecule has 0 fully saturated rings. The molecule has 0 saturated carbocycles. The minimum atomic E-state index is -0.251. The fraction of sp³-hybridized carbons (Fsp3) is 0.174. The molecule has 2 N–H and O–H groups in total.